The molecule has 0 aliphatic heterocycles. The van der Waals surface area contributed by atoms with Gasteiger partial charge in [0, 0.05) is 9.77 Å². The molecule has 1 aromatic carbocycles. The maximum absolute atomic E-state index is 11.5. The molecule has 2 N–H and O–H groups in total. The lowest BCUT2D eigenvalue weighted by Gasteiger charge is -1.99. The number of hydrogen-bond donors (Lipinski definition) is 2. The Labute approximate surface area is 98.5 Å². The molecule has 0 fully saturated rings. The number of aromatic nitrogens is 2. The van der Waals surface area contributed by atoms with Crippen LogP contribution in [0.3, 0.4) is 0 Å². The highest BCUT2D eigenvalue weighted by atomic mass is 127. The second-order valence-electron chi connectivity index (χ2n) is 3.00. The predicted octanol–water partition coefficient (Wildman–Crippen LogP) is 1.33. The van der Waals surface area contributed by atoms with Gasteiger partial charge in [-0.15, -0.1) is 0 Å². The van der Waals surface area contributed by atoms with Crippen LogP contribution in [0.2, 0.25) is 0 Å². The van der Waals surface area contributed by atoms with Crippen LogP contribution in [0.4, 0.5) is 0 Å². The zero-order valence-electron chi connectivity index (χ0n) is 7.58. The smallest absolute Gasteiger partial charge is 0.313 e. The van der Waals surface area contributed by atoms with E-state index in [1.54, 1.807) is 0 Å². The van der Waals surface area contributed by atoms with E-state index in [0.29, 0.717) is 5.56 Å². The van der Waals surface area contributed by atoms with Crippen LogP contribution in [-0.4, -0.2) is 9.97 Å². The van der Waals surface area contributed by atoms with Crippen molar-refractivity contribution in [2.45, 2.75) is 0 Å². The molecule has 0 aliphatic carbocycles. The van der Waals surface area contributed by atoms with Gasteiger partial charge in [-0.2, -0.15) is 0 Å². The van der Waals surface area contributed by atoms with Crippen molar-refractivity contribution in [1.29, 1.82) is 0 Å². The van der Waals surface area contributed by atoms with Crippen LogP contribution in [0.5, 0.6) is 0 Å². The molecule has 0 saturated heterocycles. The second-order valence-corrected chi connectivity index (χ2v) is 4.24. The third-order valence-electron chi connectivity index (χ3n) is 1.95. The topological polar surface area (TPSA) is 65.7 Å². The average molecular weight is 314 g/mol. The minimum absolute atomic E-state index is 0.374. The first-order chi connectivity index (χ1) is 7.16. The minimum atomic E-state index is -0.491. The summed E-state index contributed by atoms with van der Waals surface area (Å²) in [7, 11) is 0. The van der Waals surface area contributed by atoms with Gasteiger partial charge in [-0.1, -0.05) is 12.1 Å². The summed E-state index contributed by atoms with van der Waals surface area (Å²) in [5.41, 5.74) is 0.391. The van der Waals surface area contributed by atoms with Gasteiger partial charge in [-0.3, -0.25) is 9.78 Å². The van der Waals surface area contributed by atoms with Crippen molar-refractivity contribution in [1.82, 2.24) is 9.97 Å². The molecule has 4 nitrogen and oxygen atoms in total. The third-order valence-corrected chi connectivity index (χ3v) is 2.63. The standard InChI is InChI=1S/C10H7IN2O2/c11-7-3-1-2-6(4-7)8-5-12-10(15)13-9(8)14/h1-5H,(H2,12,13,14,15). The molecular weight excluding hydrogens is 307 g/mol. The van der Waals surface area contributed by atoms with Crippen molar-refractivity contribution in [2.75, 3.05) is 0 Å². The Morgan fingerprint density at radius 3 is 2.67 bits per heavy atom. The van der Waals surface area contributed by atoms with Crippen LogP contribution in [-0.2, 0) is 0 Å². The molecule has 0 saturated carbocycles. The van der Waals surface area contributed by atoms with E-state index in [1.165, 1.54) is 6.20 Å². The summed E-state index contributed by atoms with van der Waals surface area (Å²) >= 11 is 2.17. The Bertz CT molecular complexity index is 601. The minimum Gasteiger partial charge on any atom is -0.313 e. The van der Waals surface area contributed by atoms with Gasteiger partial charge in [0.15, 0.2) is 0 Å². The number of aromatic amines is 2. The van der Waals surface area contributed by atoms with E-state index >= 15 is 0 Å². The van der Waals surface area contributed by atoms with Crippen molar-refractivity contribution < 1.29 is 0 Å². The van der Waals surface area contributed by atoms with Crippen molar-refractivity contribution in [2.24, 2.45) is 0 Å². The number of nitrogens with one attached hydrogen (secondary N) is 2. The quantitative estimate of drug-likeness (QED) is 0.780. The molecule has 76 valence electrons. The Morgan fingerprint density at radius 1 is 1.20 bits per heavy atom. The highest BCUT2D eigenvalue weighted by Gasteiger charge is 2.03. The zero-order valence-corrected chi connectivity index (χ0v) is 9.74. The lowest BCUT2D eigenvalue weighted by molar-refractivity contribution is 1.04. The molecule has 2 aromatic rings. The normalized spacial score (nSPS) is 10.2. The molecule has 0 atom stereocenters. The summed E-state index contributed by atoms with van der Waals surface area (Å²) in [4.78, 5) is 26.9. The molecule has 0 amide bonds. The molecule has 0 spiro atoms. The summed E-state index contributed by atoms with van der Waals surface area (Å²) in [5, 5.41) is 0. The van der Waals surface area contributed by atoms with E-state index < -0.39 is 5.69 Å². The molecule has 1 aromatic heterocycles. The van der Waals surface area contributed by atoms with Gasteiger partial charge in [-0.25, -0.2) is 4.79 Å². The zero-order chi connectivity index (χ0) is 10.8. The Morgan fingerprint density at radius 2 is 2.00 bits per heavy atom. The number of rotatable bonds is 1. The highest BCUT2D eigenvalue weighted by Crippen LogP contribution is 2.16. The molecule has 1 heterocycles. The van der Waals surface area contributed by atoms with Gasteiger partial charge in [0.05, 0.1) is 5.56 Å². The van der Waals surface area contributed by atoms with E-state index in [2.05, 4.69) is 32.6 Å². The van der Waals surface area contributed by atoms with Gasteiger partial charge < -0.3 is 4.98 Å². The van der Waals surface area contributed by atoms with Crippen LogP contribution in [0.1, 0.15) is 0 Å². The third kappa shape index (κ3) is 2.17. The van der Waals surface area contributed by atoms with E-state index in [0.717, 1.165) is 9.13 Å². The van der Waals surface area contributed by atoms with Gasteiger partial charge in [0.1, 0.15) is 0 Å². The first kappa shape index (κ1) is 10.2. The Hall–Kier alpha value is -1.37. The van der Waals surface area contributed by atoms with Gasteiger partial charge in [-0.05, 0) is 40.3 Å². The van der Waals surface area contributed by atoms with Crippen LogP contribution in [0.25, 0.3) is 11.1 Å². The SMILES string of the molecule is O=c1[nH]cc(-c2cccc(I)c2)c(=O)[nH]1. The second kappa shape index (κ2) is 4.01. The maximum atomic E-state index is 11.5. The molecular formula is C10H7IN2O2. The number of H-pyrrole nitrogens is 2. The van der Waals surface area contributed by atoms with Gasteiger partial charge >= 0.3 is 5.69 Å². The van der Waals surface area contributed by atoms with Gasteiger partial charge in [0.2, 0.25) is 0 Å². The average Bonchev–Trinajstić information content (AvgIpc) is 2.17. The summed E-state index contributed by atoms with van der Waals surface area (Å²) in [6, 6.07) is 7.50. The van der Waals surface area contributed by atoms with Crippen molar-refractivity contribution in [3.8, 4) is 11.1 Å². The summed E-state index contributed by atoms with van der Waals surface area (Å²) in [6.45, 7) is 0. The predicted molar refractivity (Wildman–Crippen MR) is 65.8 cm³/mol. The molecule has 2 rings (SSSR count). The van der Waals surface area contributed by atoms with Crippen molar-refractivity contribution in [3.05, 3.63) is 54.9 Å². The van der Waals surface area contributed by atoms with E-state index in [4.69, 9.17) is 0 Å². The monoisotopic (exact) mass is 314 g/mol. The number of halogens is 1. The fourth-order valence-electron chi connectivity index (χ4n) is 1.28. The van der Waals surface area contributed by atoms with Crippen molar-refractivity contribution >= 4 is 22.6 Å². The van der Waals surface area contributed by atoms with Crippen LogP contribution in [0.15, 0.2) is 40.1 Å². The first-order valence-electron chi connectivity index (χ1n) is 4.25. The molecule has 0 unspecified atom stereocenters. The van der Waals surface area contributed by atoms with E-state index in [-0.39, 0.29) is 5.56 Å². The lowest BCUT2D eigenvalue weighted by Crippen LogP contribution is -2.22. The molecule has 5 heteroatoms. The summed E-state index contributed by atoms with van der Waals surface area (Å²) in [6.07, 6.45) is 1.42. The fourth-order valence-corrected chi connectivity index (χ4v) is 1.82. The maximum Gasteiger partial charge on any atom is 0.325 e. The largest absolute Gasteiger partial charge is 0.325 e. The molecule has 15 heavy (non-hydrogen) atoms. The van der Waals surface area contributed by atoms with E-state index in [9.17, 15) is 9.59 Å². The van der Waals surface area contributed by atoms with Gasteiger partial charge in [0.25, 0.3) is 5.56 Å². The summed E-state index contributed by atoms with van der Waals surface area (Å²) in [5.74, 6) is 0. The van der Waals surface area contributed by atoms with Crippen LogP contribution in [0, 0.1) is 3.57 Å². The fraction of sp³-hybridized carbons (Fsp3) is 0. The Kier molecular flexibility index (Phi) is 2.72. The Balaban J connectivity index is 2.64. The number of hydrogen-bond acceptors (Lipinski definition) is 2. The summed E-state index contributed by atoms with van der Waals surface area (Å²) < 4.78 is 1.04. The number of benzene rings is 1. The lowest BCUT2D eigenvalue weighted by atomic mass is 10.1. The van der Waals surface area contributed by atoms with E-state index in [1.807, 2.05) is 24.3 Å². The first-order valence-corrected chi connectivity index (χ1v) is 5.32. The molecule has 0 bridgehead atoms. The molecule has 0 radical (unpaired) electrons. The van der Waals surface area contributed by atoms with Crippen LogP contribution < -0.4 is 11.2 Å². The molecule has 0 aliphatic rings. The highest BCUT2D eigenvalue weighted by molar-refractivity contribution is 14.1. The van der Waals surface area contributed by atoms with Crippen molar-refractivity contribution in [3.63, 3.8) is 0 Å². The van der Waals surface area contributed by atoms with Crippen LogP contribution >= 0.6 is 22.6 Å².